The van der Waals surface area contributed by atoms with E-state index in [0.717, 1.165) is 17.0 Å². The first-order chi connectivity index (χ1) is 10.1. The lowest BCUT2D eigenvalue weighted by molar-refractivity contribution is 0.0763. The number of carbonyl (C=O) groups excluding carboxylic acids is 1. The number of hydrogen-bond donors (Lipinski definition) is 1. The average Bonchev–Trinajstić information content (AvgIpc) is 2.67. The van der Waals surface area contributed by atoms with Crippen molar-refractivity contribution in [2.75, 3.05) is 18.8 Å². The molecule has 0 saturated carbocycles. The van der Waals surface area contributed by atoms with Crippen LogP contribution < -0.4 is 5.73 Å². The minimum atomic E-state index is -0.131. The molecule has 4 nitrogen and oxygen atoms in total. The molecule has 110 valence electrons. The molecule has 1 aliphatic heterocycles. The third kappa shape index (κ3) is 2.86. The first-order valence-corrected chi connectivity index (χ1v) is 8.11. The van der Waals surface area contributed by atoms with Gasteiger partial charge in [-0.25, -0.2) is 4.98 Å². The minimum absolute atomic E-state index is 0.131. The van der Waals surface area contributed by atoms with Gasteiger partial charge in [-0.05, 0) is 12.1 Å². The number of nitrogen functional groups attached to an aromatic ring is 1. The highest BCUT2D eigenvalue weighted by Gasteiger charge is 2.24. The number of anilines is 1. The van der Waals surface area contributed by atoms with Crippen molar-refractivity contribution >= 4 is 45.6 Å². The molecule has 0 spiro atoms. The maximum absolute atomic E-state index is 12.6. The Bertz CT molecular complexity index is 656. The summed E-state index contributed by atoms with van der Waals surface area (Å²) in [5, 5.41) is 1.36. The van der Waals surface area contributed by atoms with Crippen LogP contribution in [0, 0.1) is 0 Å². The summed E-state index contributed by atoms with van der Waals surface area (Å²) in [5.74, 6) is -0.131. The zero-order chi connectivity index (χ0) is 15.0. The van der Waals surface area contributed by atoms with Crippen LogP contribution in [0.25, 0.3) is 0 Å². The van der Waals surface area contributed by atoms with Crippen LogP contribution in [0.3, 0.4) is 0 Å². The molecular formula is C14H13Cl2N3OS. The highest BCUT2D eigenvalue weighted by molar-refractivity contribution is 7.15. The van der Waals surface area contributed by atoms with Gasteiger partial charge in [-0.2, -0.15) is 0 Å². The normalized spacial score (nSPS) is 14.7. The molecule has 7 heteroatoms. The van der Waals surface area contributed by atoms with Crippen molar-refractivity contribution in [2.24, 2.45) is 0 Å². The van der Waals surface area contributed by atoms with Crippen molar-refractivity contribution in [3.63, 3.8) is 0 Å². The lowest BCUT2D eigenvalue weighted by atomic mass is 10.2. The van der Waals surface area contributed by atoms with Gasteiger partial charge in [-0.15, -0.1) is 11.3 Å². The van der Waals surface area contributed by atoms with E-state index in [1.54, 1.807) is 23.1 Å². The van der Waals surface area contributed by atoms with Crippen LogP contribution in [0.15, 0.2) is 18.2 Å². The number of carbonyl (C=O) groups is 1. The van der Waals surface area contributed by atoms with Gasteiger partial charge >= 0.3 is 0 Å². The molecule has 0 unspecified atom stereocenters. The van der Waals surface area contributed by atoms with E-state index < -0.39 is 0 Å². The Morgan fingerprint density at radius 3 is 2.62 bits per heavy atom. The van der Waals surface area contributed by atoms with Gasteiger partial charge < -0.3 is 10.6 Å². The number of aromatic nitrogens is 1. The molecule has 1 aromatic carbocycles. The van der Waals surface area contributed by atoms with Crippen LogP contribution in [0.1, 0.15) is 20.9 Å². The molecule has 3 rings (SSSR count). The van der Waals surface area contributed by atoms with E-state index in [4.69, 9.17) is 28.9 Å². The molecule has 0 radical (unpaired) electrons. The van der Waals surface area contributed by atoms with Gasteiger partial charge in [0.25, 0.3) is 5.91 Å². The molecule has 2 aromatic rings. The van der Waals surface area contributed by atoms with Crippen molar-refractivity contribution in [1.29, 1.82) is 0 Å². The molecule has 21 heavy (non-hydrogen) atoms. The predicted molar refractivity (Wildman–Crippen MR) is 86.3 cm³/mol. The summed E-state index contributed by atoms with van der Waals surface area (Å²) >= 11 is 13.7. The number of fused-ring (bicyclic) bond motifs is 1. The second kappa shape index (κ2) is 5.83. The summed E-state index contributed by atoms with van der Waals surface area (Å²) < 4.78 is 0. The van der Waals surface area contributed by atoms with Crippen molar-refractivity contribution < 1.29 is 4.79 Å². The van der Waals surface area contributed by atoms with E-state index in [9.17, 15) is 4.79 Å². The summed E-state index contributed by atoms with van der Waals surface area (Å²) in [6, 6.07) is 5.09. The second-order valence-corrected chi connectivity index (χ2v) is 6.74. The van der Waals surface area contributed by atoms with Crippen LogP contribution in [-0.4, -0.2) is 28.9 Å². The van der Waals surface area contributed by atoms with Crippen LogP contribution in [0.5, 0.6) is 0 Å². The van der Waals surface area contributed by atoms with Gasteiger partial charge in [-0.3, -0.25) is 4.79 Å². The lowest BCUT2D eigenvalue weighted by Gasteiger charge is -2.21. The Hall–Kier alpha value is -1.30. The van der Waals surface area contributed by atoms with E-state index >= 15 is 0 Å². The fourth-order valence-corrected chi connectivity index (χ4v) is 3.87. The summed E-state index contributed by atoms with van der Waals surface area (Å²) in [4.78, 5) is 19.9. The van der Waals surface area contributed by atoms with Gasteiger partial charge in [0.2, 0.25) is 0 Å². The largest absolute Gasteiger partial charge is 0.375 e. The van der Waals surface area contributed by atoms with E-state index in [2.05, 4.69) is 4.98 Å². The van der Waals surface area contributed by atoms with Crippen molar-refractivity contribution in [3.8, 4) is 0 Å². The maximum atomic E-state index is 12.6. The molecule has 0 saturated heterocycles. The Balaban J connectivity index is 1.82. The Kier molecular flexibility index (Phi) is 4.06. The van der Waals surface area contributed by atoms with Crippen molar-refractivity contribution in [1.82, 2.24) is 9.88 Å². The molecule has 2 heterocycles. The first kappa shape index (κ1) is 14.6. The summed E-state index contributed by atoms with van der Waals surface area (Å²) in [5.41, 5.74) is 7.10. The van der Waals surface area contributed by atoms with Crippen LogP contribution in [0.2, 0.25) is 10.0 Å². The molecule has 0 aliphatic carbocycles. The van der Waals surface area contributed by atoms with E-state index in [1.165, 1.54) is 11.3 Å². The third-order valence-corrected chi connectivity index (χ3v) is 5.10. The molecule has 1 aromatic heterocycles. The molecular weight excluding hydrogens is 329 g/mol. The predicted octanol–water partition coefficient (Wildman–Crippen LogP) is 3.27. The van der Waals surface area contributed by atoms with Gasteiger partial charge in [0, 0.05) is 30.8 Å². The van der Waals surface area contributed by atoms with Crippen LogP contribution in [0.4, 0.5) is 5.13 Å². The lowest BCUT2D eigenvalue weighted by Crippen LogP contribution is -2.33. The monoisotopic (exact) mass is 341 g/mol. The van der Waals surface area contributed by atoms with E-state index in [1.807, 2.05) is 0 Å². The number of halogens is 2. The number of thiazole rings is 1. The van der Waals surface area contributed by atoms with Crippen LogP contribution in [-0.2, 0) is 12.8 Å². The smallest absolute Gasteiger partial charge is 0.256 e. The molecule has 1 amide bonds. The quantitative estimate of drug-likeness (QED) is 0.865. The molecule has 0 bridgehead atoms. The Morgan fingerprint density at radius 1 is 1.24 bits per heavy atom. The Morgan fingerprint density at radius 2 is 1.90 bits per heavy atom. The summed E-state index contributed by atoms with van der Waals surface area (Å²) in [6.45, 7) is 1.21. The maximum Gasteiger partial charge on any atom is 0.256 e. The van der Waals surface area contributed by atoms with Crippen LogP contribution >= 0.6 is 34.5 Å². The van der Waals surface area contributed by atoms with Gasteiger partial charge in [0.1, 0.15) is 0 Å². The van der Waals surface area contributed by atoms with E-state index in [0.29, 0.717) is 40.3 Å². The molecule has 0 fully saturated rings. The Labute approximate surface area is 136 Å². The zero-order valence-corrected chi connectivity index (χ0v) is 13.4. The topological polar surface area (TPSA) is 59.2 Å². The highest BCUT2D eigenvalue weighted by atomic mass is 35.5. The molecule has 0 atom stereocenters. The SMILES string of the molecule is Nc1nc2c(s1)CCN(C(=O)c1c(Cl)cccc1Cl)CC2. The summed E-state index contributed by atoms with van der Waals surface area (Å²) in [6.07, 6.45) is 1.47. The fraction of sp³-hybridized carbons (Fsp3) is 0.286. The third-order valence-electron chi connectivity index (χ3n) is 3.49. The number of amides is 1. The zero-order valence-electron chi connectivity index (χ0n) is 11.1. The molecule has 1 aliphatic rings. The molecule has 2 N–H and O–H groups in total. The number of nitrogens with two attached hydrogens (primary N) is 1. The minimum Gasteiger partial charge on any atom is -0.375 e. The number of benzene rings is 1. The van der Waals surface area contributed by atoms with Gasteiger partial charge in [0.15, 0.2) is 5.13 Å². The number of rotatable bonds is 1. The number of hydrogen-bond acceptors (Lipinski definition) is 4. The average molecular weight is 342 g/mol. The number of nitrogens with zero attached hydrogens (tertiary/aromatic N) is 2. The second-order valence-electron chi connectivity index (χ2n) is 4.81. The van der Waals surface area contributed by atoms with E-state index in [-0.39, 0.29) is 5.91 Å². The standard InChI is InChI=1S/C14H13Cl2N3OS/c15-8-2-1-3-9(16)12(8)13(20)19-6-4-10-11(5-7-19)21-14(17)18-10/h1-3H,4-7H2,(H2,17,18). The highest BCUT2D eigenvalue weighted by Crippen LogP contribution is 2.28. The van der Waals surface area contributed by atoms with Gasteiger partial charge in [-0.1, -0.05) is 29.3 Å². The van der Waals surface area contributed by atoms with Gasteiger partial charge in [0.05, 0.1) is 21.3 Å². The van der Waals surface area contributed by atoms with Crippen molar-refractivity contribution in [2.45, 2.75) is 12.8 Å². The fourth-order valence-electron chi connectivity index (χ4n) is 2.45. The van der Waals surface area contributed by atoms with Crippen molar-refractivity contribution in [3.05, 3.63) is 44.4 Å². The first-order valence-electron chi connectivity index (χ1n) is 6.53. The summed E-state index contributed by atoms with van der Waals surface area (Å²) in [7, 11) is 0.